The second-order valence-corrected chi connectivity index (χ2v) is 8.21. The lowest BCUT2D eigenvalue weighted by Crippen LogP contribution is -2.09. The number of unbranched alkanes of at least 4 members (excludes halogenated alkanes) is 1. The zero-order valence-corrected chi connectivity index (χ0v) is 20.0. The van der Waals surface area contributed by atoms with Crippen LogP contribution in [0.5, 0.6) is 0 Å². The van der Waals surface area contributed by atoms with Crippen LogP contribution >= 0.6 is 0 Å². The zero-order valence-electron chi connectivity index (χ0n) is 20.0. The average molecular weight is 427 g/mol. The molecule has 2 N–H and O–H groups in total. The largest absolute Gasteiger partial charge is 0.396 e. The van der Waals surface area contributed by atoms with E-state index in [9.17, 15) is 4.79 Å². The molecule has 1 aliphatic rings. The molecule has 1 unspecified atom stereocenters. The molecule has 4 heteroatoms. The van der Waals surface area contributed by atoms with E-state index in [4.69, 9.17) is 5.11 Å². The van der Waals surface area contributed by atoms with Crippen molar-refractivity contribution in [2.45, 2.75) is 72.1 Å². The summed E-state index contributed by atoms with van der Waals surface area (Å²) in [4.78, 5) is 16.3. The molecule has 0 amide bonds. The van der Waals surface area contributed by atoms with Crippen molar-refractivity contribution in [1.82, 2.24) is 5.32 Å². The number of hydrogen-bond acceptors (Lipinski definition) is 4. The summed E-state index contributed by atoms with van der Waals surface area (Å²) < 4.78 is 0. The maximum absolute atomic E-state index is 11.9. The maximum Gasteiger partial charge on any atom is 0.135 e. The van der Waals surface area contributed by atoms with Gasteiger partial charge in [-0.2, -0.15) is 0 Å². The van der Waals surface area contributed by atoms with Crippen molar-refractivity contribution in [2.75, 3.05) is 20.2 Å². The van der Waals surface area contributed by atoms with Crippen LogP contribution in [-0.2, 0) is 4.79 Å². The number of allylic oxidation sites excluding steroid dienone is 9. The van der Waals surface area contributed by atoms with Crippen molar-refractivity contribution < 1.29 is 9.90 Å². The third-order valence-corrected chi connectivity index (χ3v) is 5.76. The molecule has 172 valence electrons. The van der Waals surface area contributed by atoms with Crippen molar-refractivity contribution in [3.8, 4) is 0 Å². The van der Waals surface area contributed by atoms with Gasteiger partial charge in [0.1, 0.15) is 5.78 Å². The molecule has 0 aromatic heterocycles. The van der Waals surface area contributed by atoms with E-state index in [1.807, 2.05) is 7.05 Å². The highest BCUT2D eigenvalue weighted by atomic mass is 16.3. The Hall–Kier alpha value is -2.04. The Morgan fingerprint density at radius 2 is 2.10 bits per heavy atom. The minimum Gasteiger partial charge on any atom is -0.396 e. The highest BCUT2D eigenvalue weighted by Crippen LogP contribution is 2.30. The molecule has 0 bridgehead atoms. The number of carbonyl (C=O) groups excluding carboxylic acids is 1. The number of carbonyl (C=O) groups is 1. The average Bonchev–Trinajstić information content (AvgIpc) is 2.94. The number of likely N-dealkylation sites (N-methyl/N-ethyl adjacent to an activating group) is 1. The summed E-state index contributed by atoms with van der Waals surface area (Å²) in [6, 6.07) is 0. The summed E-state index contributed by atoms with van der Waals surface area (Å²) in [5.41, 5.74) is 5.89. The highest BCUT2D eigenvalue weighted by Gasteiger charge is 2.15. The van der Waals surface area contributed by atoms with E-state index in [1.165, 1.54) is 29.6 Å². The Balaban J connectivity index is 3.27. The van der Waals surface area contributed by atoms with E-state index < -0.39 is 0 Å². The minimum atomic E-state index is -0.0810. The van der Waals surface area contributed by atoms with E-state index in [0.29, 0.717) is 18.8 Å². The topological polar surface area (TPSA) is 61.7 Å². The van der Waals surface area contributed by atoms with Crippen molar-refractivity contribution in [3.05, 3.63) is 58.4 Å². The second-order valence-electron chi connectivity index (χ2n) is 8.21. The Morgan fingerprint density at radius 1 is 1.32 bits per heavy atom. The van der Waals surface area contributed by atoms with Crippen LogP contribution < -0.4 is 5.32 Å². The molecule has 1 atom stereocenters. The van der Waals surface area contributed by atoms with Crippen LogP contribution in [0.3, 0.4) is 0 Å². The quantitative estimate of drug-likeness (QED) is 0.254. The van der Waals surface area contributed by atoms with Crippen LogP contribution in [0.4, 0.5) is 0 Å². The molecule has 31 heavy (non-hydrogen) atoms. The molecule has 0 aromatic rings. The predicted molar refractivity (Wildman–Crippen MR) is 133 cm³/mol. The molecular weight excluding hydrogens is 384 g/mol. The Morgan fingerprint density at radius 3 is 2.71 bits per heavy atom. The molecule has 0 saturated heterocycles. The number of hydrogen-bond donors (Lipinski definition) is 2. The van der Waals surface area contributed by atoms with Gasteiger partial charge in [0.2, 0.25) is 0 Å². The summed E-state index contributed by atoms with van der Waals surface area (Å²) in [7, 11) is 1.97. The Labute approximate surface area is 189 Å². The molecule has 4 nitrogen and oxygen atoms in total. The smallest absolute Gasteiger partial charge is 0.135 e. The molecule has 0 aromatic carbocycles. The van der Waals surface area contributed by atoms with Gasteiger partial charge in [0.25, 0.3) is 0 Å². The number of nitrogens with one attached hydrogen (secondary N) is 1. The number of aliphatic imine (C=N–C) groups is 1. The van der Waals surface area contributed by atoms with E-state index >= 15 is 0 Å². The minimum absolute atomic E-state index is 0.0810. The van der Waals surface area contributed by atoms with E-state index in [-0.39, 0.29) is 18.8 Å². The van der Waals surface area contributed by atoms with Crippen LogP contribution in [0, 0.1) is 5.92 Å². The fourth-order valence-electron chi connectivity index (χ4n) is 3.85. The molecule has 0 spiro atoms. The first-order chi connectivity index (χ1) is 15.0. The Bertz CT molecular complexity index is 738. The molecular formula is C27H42N2O2. The van der Waals surface area contributed by atoms with Crippen molar-refractivity contribution in [2.24, 2.45) is 10.9 Å². The number of ketones is 1. The highest BCUT2D eigenvalue weighted by molar-refractivity contribution is 5.78. The van der Waals surface area contributed by atoms with Crippen LogP contribution in [0.2, 0.25) is 0 Å². The summed E-state index contributed by atoms with van der Waals surface area (Å²) in [6.45, 7) is 11.2. The van der Waals surface area contributed by atoms with Gasteiger partial charge in [0, 0.05) is 37.6 Å². The molecule has 1 aliphatic carbocycles. The van der Waals surface area contributed by atoms with Gasteiger partial charge < -0.3 is 10.4 Å². The molecule has 0 saturated carbocycles. The molecule has 0 aliphatic heterocycles. The van der Waals surface area contributed by atoms with Crippen molar-refractivity contribution in [1.29, 1.82) is 0 Å². The van der Waals surface area contributed by atoms with Gasteiger partial charge in [-0.05, 0) is 69.2 Å². The first-order valence-electron chi connectivity index (χ1n) is 11.7. The molecule has 0 heterocycles. The molecule has 0 fully saturated rings. The number of aliphatic hydroxyl groups excluding tert-OH is 1. The van der Waals surface area contributed by atoms with Gasteiger partial charge in [-0.1, -0.05) is 56.6 Å². The lowest BCUT2D eigenvalue weighted by molar-refractivity contribution is -0.119. The standard InChI is InChI=1S/C27H42N2O2/c1-6-8-10-23(7-2)27(29-5)19-24(11-9-12-25(31)17-18-30)26-16-15-22(20-28-4)14-13-21(26)3/h11,13-14,16,19,23,28,30H,5-10,12,15,17-18,20H2,1-4H3/b24-11+,27-19-. The van der Waals surface area contributed by atoms with Gasteiger partial charge >= 0.3 is 0 Å². The number of nitrogens with zero attached hydrogens (tertiary/aromatic N) is 1. The molecule has 0 radical (unpaired) electrons. The summed E-state index contributed by atoms with van der Waals surface area (Å²) in [5.74, 6) is 0.490. The van der Waals surface area contributed by atoms with Gasteiger partial charge in [0.15, 0.2) is 0 Å². The van der Waals surface area contributed by atoms with E-state index in [1.54, 1.807) is 0 Å². The van der Waals surface area contributed by atoms with Gasteiger partial charge in [-0.3, -0.25) is 9.79 Å². The third kappa shape index (κ3) is 9.75. The monoisotopic (exact) mass is 426 g/mol. The number of Topliss-reactive ketones (excluding diaryl/α,β-unsaturated/α-hetero) is 1. The third-order valence-electron chi connectivity index (χ3n) is 5.76. The van der Waals surface area contributed by atoms with Crippen molar-refractivity contribution >= 4 is 12.5 Å². The van der Waals surface area contributed by atoms with Crippen molar-refractivity contribution in [3.63, 3.8) is 0 Å². The predicted octanol–water partition coefficient (Wildman–Crippen LogP) is 5.87. The van der Waals surface area contributed by atoms with E-state index in [0.717, 1.165) is 37.1 Å². The first kappa shape index (κ1) is 27.0. The maximum atomic E-state index is 11.9. The Kier molecular flexibility index (Phi) is 13.7. The number of rotatable bonds is 15. The van der Waals surface area contributed by atoms with Gasteiger partial charge in [-0.15, -0.1) is 0 Å². The second kappa shape index (κ2) is 15.7. The van der Waals surface area contributed by atoms with Crippen LogP contribution in [0.1, 0.15) is 72.1 Å². The van der Waals surface area contributed by atoms with Gasteiger partial charge in [0.05, 0.1) is 0 Å². The zero-order chi connectivity index (χ0) is 23.1. The van der Waals surface area contributed by atoms with Crippen LogP contribution in [0.15, 0.2) is 63.4 Å². The molecule has 1 rings (SSSR count). The van der Waals surface area contributed by atoms with Gasteiger partial charge in [-0.25, -0.2) is 0 Å². The lowest BCUT2D eigenvalue weighted by Gasteiger charge is -2.17. The first-order valence-corrected chi connectivity index (χ1v) is 11.7. The summed E-state index contributed by atoms with van der Waals surface area (Å²) in [5, 5.41) is 12.2. The SMILES string of the molecule is C=N/C(=C\C(=C/CCC(=O)CCO)C1=CCC(CNC)=CC=C1C)C(CC)CCCC. The van der Waals surface area contributed by atoms with Crippen LogP contribution in [0.25, 0.3) is 0 Å². The normalized spacial score (nSPS) is 16.2. The van der Waals surface area contributed by atoms with Crippen LogP contribution in [-0.4, -0.2) is 37.8 Å². The summed E-state index contributed by atoms with van der Waals surface area (Å²) >= 11 is 0. The fraction of sp³-hybridized carbons (Fsp3) is 0.556. The summed E-state index contributed by atoms with van der Waals surface area (Å²) in [6.07, 6.45) is 17.7. The van der Waals surface area contributed by atoms with E-state index in [2.05, 4.69) is 68.2 Å². The fourth-order valence-corrected chi connectivity index (χ4v) is 3.85. The number of aliphatic hydroxyl groups is 1. The lowest BCUT2D eigenvalue weighted by atomic mass is 9.90.